The highest BCUT2D eigenvalue weighted by atomic mass is 16.5. The average Bonchev–Trinajstić information content (AvgIpc) is 2.76. The van der Waals surface area contributed by atoms with Gasteiger partial charge in [-0.3, -0.25) is 9.59 Å². The molecule has 0 aliphatic carbocycles. The van der Waals surface area contributed by atoms with Crippen molar-refractivity contribution in [1.82, 2.24) is 9.80 Å². The molecule has 0 spiro atoms. The van der Waals surface area contributed by atoms with Gasteiger partial charge in [0.05, 0.1) is 27.3 Å². The van der Waals surface area contributed by atoms with Crippen molar-refractivity contribution in [3.05, 3.63) is 58.1 Å². The summed E-state index contributed by atoms with van der Waals surface area (Å²) in [6.45, 7) is 5.04. The van der Waals surface area contributed by atoms with Crippen LogP contribution in [0.25, 0.3) is 0 Å². The van der Waals surface area contributed by atoms with E-state index >= 15 is 0 Å². The Morgan fingerprint density at radius 1 is 0.933 bits per heavy atom. The van der Waals surface area contributed by atoms with Gasteiger partial charge in [-0.15, -0.1) is 0 Å². The standard InChI is InChI=1S/C24H28N2O4/c1-15-16(2)23(30-4)19-13-26-20(12-18(19)22(15)29-3)24(28)25(14-21(26)27)11-10-17-8-6-5-7-9-17/h5-9,20H,10-14H2,1-4H3. The van der Waals surface area contributed by atoms with E-state index in [9.17, 15) is 9.59 Å². The summed E-state index contributed by atoms with van der Waals surface area (Å²) in [6, 6.07) is 9.55. The van der Waals surface area contributed by atoms with Gasteiger partial charge in [-0.25, -0.2) is 0 Å². The maximum absolute atomic E-state index is 13.3. The van der Waals surface area contributed by atoms with E-state index in [1.54, 1.807) is 24.0 Å². The van der Waals surface area contributed by atoms with Crippen molar-refractivity contribution in [1.29, 1.82) is 0 Å². The van der Waals surface area contributed by atoms with Crippen LogP contribution in [0.15, 0.2) is 30.3 Å². The molecule has 1 fully saturated rings. The topological polar surface area (TPSA) is 59.1 Å². The summed E-state index contributed by atoms with van der Waals surface area (Å²) in [5.74, 6) is 1.58. The second-order valence-corrected chi connectivity index (χ2v) is 8.01. The van der Waals surface area contributed by atoms with Gasteiger partial charge in [-0.2, -0.15) is 0 Å². The van der Waals surface area contributed by atoms with Crippen molar-refractivity contribution >= 4 is 11.8 Å². The minimum absolute atomic E-state index is 0.00966. The Hall–Kier alpha value is -3.02. The first kappa shape index (κ1) is 20.3. The molecule has 2 amide bonds. The van der Waals surface area contributed by atoms with Gasteiger partial charge in [0.1, 0.15) is 17.5 Å². The van der Waals surface area contributed by atoms with Crippen LogP contribution in [0.2, 0.25) is 0 Å². The molecule has 158 valence electrons. The fraction of sp³-hybridized carbons (Fsp3) is 0.417. The Bertz CT molecular complexity index is 987. The third-order valence-corrected chi connectivity index (χ3v) is 6.42. The van der Waals surface area contributed by atoms with E-state index in [1.807, 2.05) is 44.2 Å². The Labute approximate surface area is 177 Å². The summed E-state index contributed by atoms with van der Waals surface area (Å²) in [6.07, 6.45) is 1.18. The zero-order valence-electron chi connectivity index (χ0n) is 18.0. The number of nitrogens with zero attached hydrogens (tertiary/aromatic N) is 2. The van der Waals surface area contributed by atoms with Crippen molar-refractivity contribution in [2.24, 2.45) is 0 Å². The first-order valence-corrected chi connectivity index (χ1v) is 10.3. The van der Waals surface area contributed by atoms with Gasteiger partial charge in [-0.05, 0) is 37.0 Å². The highest BCUT2D eigenvalue weighted by Crippen LogP contribution is 2.43. The molecule has 30 heavy (non-hydrogen) atoms. The maximum Gasteiger partial charge on any atom is 0.246 e. The summed E-state index contributed by atoms with van der Waals surface area (Å²) in [5, 5.41) is 0. The van der Waals surface area contributed by atoms with Crippen molar-refractivity contribution < 1.29 is 19.1 Å². The minimum Gasteiger partial charge on any atom is -0.496 e. The predicted molar refractivity (Wildman–Crippen MR) is 114 cm³/mol. The largest absolute Gasteiger partial charge is 0.496 e. The number of fused-ring (bicyclic) bond motifs is 2. The number of amides is 2. The fourth-order valence-corrected chi connectivity index (χ4v) is 4.71. The van der Waals surface area contributed by atoms with E-state index in [4.69, 9.17) is 9.47 Å². The van der Waals surface area contributed by atoms with Crippen LogP contribution >= 0.6 is 0 Å². The second kappa shape index (κ2) is 8.01. The number of ether oxygens (including phenoxy) is 2. The molecular weight excluding hydrogens is 380 g/mol. The van der Waals surface area contributed by atoms with Crippen molar-refractivity contribution in [2.45, 2.75) is 39.3 Å². The molecule has 4 rings (SSSR count). The van der Waals surface area contributed by atoms with Gasteiger partial charge in [-0.1, -0.05) is 30.3 Å². The Balaban J connectivity index is 1.64. The summed E-state index contributed by atoms with van der Waals surface area (Å²) in [4.78, 5) is 29.7. The molecule has 1 atom stereocenters. The smallest absolute Gasteiger partial charge is 0.246 e. The molecule has 0 aromatic heterocycles. The van der Waals surface area contributed by atoms with E-state index in [0.29, 0.717) is 19.5 Å². The lowest BCUT2D eigenvalue weighted by molar-refractivity contribution is -0.157. The summed E-state index contributed by atoms with van der Waals surface area (Å²) >= 11 is 0. The molecule has 0 N–H and O–H groups in total. The number of piperazine rings is 1. The molecule has 0 saturated carbocycles. The molecule has 2 aliphatic rings. The number of hydrogen-bond donors (Lipinski definition) is 0. The molecule has 2 aromatic rings. The Morgan fingerprint density at radius 3 is 2.20 bits per heavy atom. The highest BCUT2D eigenvalue weighted by molar-refractivity contribution is 5.95. The maximum atomic E-state index is 13.3. The van der Waals surface area contributed by atoms with Crippen molar-refractivity contribution in [2.75, 3.05) is 27.3 Å². The van der Waals surface area contributed by atoms with Crippen LogP contribution < -0.4 is 9.47 Å². The number of carbonyl (C=O) groups excluding carboxylic acids is 2. The molecule has 2 aromatic carbocycles. The number of benzene rings is 2. The number of hydrogen-bond acceptors (Lipinski definition) is 4. The molecule has 0 radical (unpaired) electrons. The highest BCUT2D eigenvalue weighted by Gasteiger charge is 2.44. The molecule has 1 saturated heterocycles. The monoisotopic (exact) mass is 408 g/mol. The SMILES string of the molecule is COc1c(C)c(C)c(OC)c2c1CC1C(=O)N(CCc3ccccc3)CC(=O)N1C2. The van der Waals surface area contributed by atoms with Crippen molar-refractivity contribution in [3.8, 4) is 11.5 Å². The third kappa shape index (κ3) is 3.30. The van der Waals surface area contributed by atoms with Crippen LogP contribution in [0.5, 0.6) is 11.5 Å². The lowest BCUT2D eigenvalue weighted by Crippen LogP contribution is -2.61. The zero-order valence-corrected chi connectivity index (χ0v) is 18.0. The Kier molecular flexibility index (Phi) is 5.41. The normalized spacial score (nSPS) is 18.2. The lowest BCUT2D eigenvalue weighted by atomic mass is 9.86. The fourth-order valence-electron chi connectivity index (χ4n) is 4.71. The van der Waals surface area contributed by atoms with Gasteiger partial charge in [0, 0.05) is 24.1 Å². The lowest BCUT2D eigenvalue weighted by Gasteiger charge is -2.44. The average molecular weight is 408 g/mol. The molecule has 0 bridgehead atoms. The van der Waals surface area contributed by atoms with Gasteiger partial charge in [0.25, 0.3) is 0 Å². The van der Waals surface area contributed by atoms with Crippen LogP contribution in [0, 0.1) is 13.8 Å². The van der Waals surface area contributed by atoms with Crippen molar-refractivity contribution in [3.63, 3.8) is 0 Å². The van der Waals surface area contributed by atoms with Crippen LogP contribution in [0.3, 0.4) is 0 Å². The van der Waals surface area contributed by atoms with Crippen LogP contribution in [-0.2, 0) is 29.0 Å². The minimum atomic E-state index is -0.491. The molecule has 2 aliphatic heterocycles. The first-order chi connectivity index (χ1) is 14.5. The van der Waals surface area contributed by atoms with E-state index in [0.717, 1.165) is 45.7 Å². The van der Waals surface area contributed by atoms with Crippen LogP contribution in [0.4, 0.5) is 0 Å². The third-order valence-electron chi connectivity index (χ3n) is 6.42. The number of methoxy groups -OCH3 is 2. The number of carbonyl (C=O) groups is 2. The molecule has 6 nitrogen and oxygen atoms in total. The molecule has 1 unspecified atom stereocenters. The van der Waals surface area contributed by atoms with E-state index in [1.165, 1.54) is 0 Å². The van der Waals surface area contributed by atoms with E-state index in [-0.39, 0.29) is 18.4 Å². The van der Waals surface area contributed by atoms with Gasteiger partial charge in [0.2, 0.25) is 11.8 Å². The predicted octanol–water partition coefficient (Wildman–Crippen LogP) is 2.66. The summed E-state index contributed by atoms with van der Waals surface area (Å²) in [7, 11) is 3.30. The number of rotatable bonds is 5. The molecule has 6 heteroatoms. The molecular formula is C24H28N2O4. The summed E-state index contributed by atoms with van der Waals surface area (Å²) < 4.78 is 11.4. The Morgan fingerprint density at radius 2 is 1.57 bits per heavy atom. The van der Waals surface area contributed by atoms with Crippen LogP contribution in [-0.4, -0.2) is 55.0 Å². The van der Waals surface area contributed by atoms with Gasteiger partial charge < -0.3 is 19.3 Å². The quantitative estimate of drug-likeness (QED) is 0.763. The van der Waals surface area contributed by atoms with E-state index in [2.05, 4.69) is 0 Å². The summed E-state index contributed by atoms with van der Waals surface area (Å²) in [5.41, 5.74) is 5.10. The van der Waals surface area contributed by atoms with E-state index < -0.39 is 6.04 Å². The van der Waals surface area contributed by atoms with Crippen LogP contribution in [0.1, 0.15) is 27.8 Å². The first-order valence-electron chi connectivity index (χ1n) is 10.3. The molecule has 2 heterocycles. The van der Waals surface area contributed by atoms with Gasteiger partial charge >= 0.3 is 0 Å². The van der Waals surface area contributed by atoms with Gasteiger partial charge in [0.15, 0.2) is 0 Å². The second-order valence-electron chi connectivity index (χ2n) is 8.01. The zero-order chi connectivity index (χ0) is 21.4.